The number of aromatic hydroxyl groups is 1. The number of nitrogens with one attached hydrogen (secondary N) is 1. The number of hydrogen-bond acceptors (Lipinski definition) is 9. The minimum atomic E-state index is -2.74. The number of carbonyl (C=O) groups is 5. The minimum Gasteiger partial charge on any atom is -0.507 e. The van der Waals surface area contributed by atoms with Crippen molar-refractivity contribution in [3.63, 3.8) is 0 Å². The molecular formula is C35H35N3O7. The second kappa shape index (κ2) is 11.4. The van der Waals surface area contributed by atoms with Crippen LogP contribution in [0.25, 0.3) is 11.1 Å². The van der Waals surface area contributed by atoms with Gasteiger partial charge >= 0.3 is 0 Å². The number of nitrogens with zero attached hydrogens (tertiary/aromatic N) is 1. The maximum atomic E-state index is 14.0. The molecule has 3 aliphatic carbocycles. The van der Waals surface area contributed by atoms with Gasteiger partial charge in [-0.15, -0.1) is 0 Å². The van der Waals surface area contributed by atoms with Crippen molar-refractivity contribution in [2.45, 2.75) is 37.6 Å². The number of amides is 1. The summed E-state index contributed by atoms with van der Waals surface area (Å²) >= 11 is 0. The number of primary amides is 1. The van der Waals surface area contributed by atoms with Gasteiger partial charge < -0.3 is 21.3 Å². The summed E-state index contributed by atoms with van der Waals surface area (Å²) in [6, 6.07) is 19.9. The van der Waals surface area contributed by atoms with E-state index in [0.717, 1.165) is 22.3 Å². The number of nitrogens with two attached hydrogens (primary N) is 1. The minimum absolute atomic E-state index is 0.00242. The van der Waals surface area contributed by atoms with Gasteiger partial charge in [0.25, 0.3) is 0 Å². The van der Waals surface area contributed by atoms with Crippen molar-refractivity contribution in [3.05, 3.63) is 89.0 Å². The highest BCUT2D eigenvalue weighted by molar-refractivity contribution is 6.32. The number of fused-ring (bicyclic) bond motifs is 3. The fourth-order valence-electron chi connectivity index (χ4n) is 7.67. The Labute approximate surface area is 260 Å². The lowest BCUT2D eigenvalue weighted by Crippen LogP contribution is -2.74. The Morgan fingerprint density at radius 3 is 2.33 bits per heavy atom. The van der Waals surface area contributed by atoms with Crippen LogP contribution in [0.4, 0.5) is 0 Å². The predicted octanol–water partition coefficient (Wildman–Crippen LogP) is 1.82. The number of hydrogen-bond donors (Lipinski definition) is 4. The van der Waals surface area contributed by atoms with Crippen LogP contribution in [0, 0.1) is 23.7 Å². The number of phenols is 1. The molecule has 2 saturated carbocycles. The molecule has 10 nitrogen and oxygen atoms in total. The number of phenolic OH excluding ortho intramolecular Hbond substituents is 1. The third kappa shape index (κ3) is 4.89. The van der Waals surface area contributed by atoms with Crippen LogP contribution in [-0.2, 0) is 38.7 Å². The summed E-state index contributed by atoms with van der Waals surface area (Å²) in [5.74, 6) is -10.6. The molecule has 5 N–H and O–H groups in total. The largest absolute Gasteiger partial charge is 0.507 e. The molecule has 6 atom stereocenters. The fourth-order valence-corrected chi connectivity index (χ4v) is 7.67. The van der Waals surface area contributed by atoms with Crippen LogP contribution in [0.5, 0.6) is 5.75 Å². The molecule has 0 spiro atoms. The van der Waals surface area contributed by atoms with Crippen LogP contribution < -0.4 is 11.1 Å². The number of likely N-dealkylation sites (N-methyl/N-ethyl adjacent to an activating group) is 1. The Kier molecular flexibility index (Phi) is 7.76. The molecule has 0 radical (unpaired) electrons. The summed E-state index contributed by atoms with van der Waals surface area (Å²) in [6.45, 7) is 1.29. The summed E-state index contributed by atoms with van der Waals surface area (Å²) in [6.07, 6.45) is 0.203. The summed E-state index contributed by atoms with van der Waals surface area (Å²) < 4.78 is 0. The normalized spacial score (nSPS) is 27.6. The average Bonchev–Trinajstić information content (AvgIpc) is 2.99. The first kappa shape index (κ1) is 30.5. The van der Waals surface area contributed by atoms with Gasteiger partial charge in [0.1, 0.15) is 5.75 Å². The predicted molar refractivity (Wildman–Crippen MR) is 164 cm³/mol. The smallest absolute Gasteiger partial charge is 0.235 e. The molecule has 232 valence electrons. The Bertz CT molecular complexity index is 1740. The Hall–Kier alpha value is -4.51. The maximum absolute atomic E-state index is 14.0. The van der Waals surface area contributed by atoms with Gasteiger partial charge in [0, 0.05) is 19.0 Å². The van der Waals surface area contributed by atoms with E-state index in [1.807, 2.05) is 54.6 Å². The average molecular weight is 610 g/mol. The zero-order chi connectivity index (χ0) is 32.2. The molecule has 6 rings (SSSR count). The number of rotatable bonds is 7. The molecule has 2 unspecified atom stereocenters. The van der Waals surface area contributed by atoms with Crippen LogP contribution >= 0.6 is 0 Å². The Balaban J connectivity index is 1.36. The van der Waals surface area contributed by atoms with Crippen LogP contribution in [0.3, 0.4) is 0 Å². The number of Topliss-reactive ketones (excluding diaryl/α,β-unsaturated/α-hetero) is 4. The van der Waals surface area contributed by atoms with E-state index in [2.05, 4.69) is 5.32 Å². The zero-order valence-corrected chi connectivity index (χ0v) is 25.0. The standard InChI is InChI=1S/C35H35N3O7/c1-38(2)29-24-15-21-14-23-22(20-10-6-9-19(13-20)17-37-16-18-7-4-3-5-8-18)11-12-25(39)27(23)30(40)26(21)32(42)35(24,45)33(43)28(31(29)41)34(36)44/h3-13,21,24,26,28-29,37,39,45H,14-17H2,1-2H3,(H2,36,44)/t21-,24-,26?,28?,29-,35-/m1/s1. The first-order valence-electron chi connectivity index (χ1n) is 15.0. The highest BCUT2D eigenvalue weighted by atomic mass is 16.3. The molecule has 0 bridgehead atoms. The van der Waals surface area contributed by atoms with Crippen LogP contribution in [0.2, 0.25) is 0 Å². The van der Waals surface area contributed by atoms with E-state index in [4.69, 9.17) is 5.73 Å². The molecule has 45 heavy (non-hydrogen) atoms. The lowest BCUT2D eigenvalue weighted by Gasteiger charge is -2.52. The van der Waals surface area contributed by atoms with Gasteiger partial charge in [-0.3, -0.25) is 28.9 Å². The summed E-state index contributed by atoms with van der Waals surface area (Å²) in [5.41, 5.74) is 6.91. The Morgan fingerprint density at radius 1 is 0.956 bits per heavy atom. The molecule has 10 heteroatoms. The molecule has 0 saturated heterocycles. The molecule has 0 aromatic heterocycles. The van der Waals surface area contributed by atoms with E-state index in [9.17, 15) is 34.2 Å². The zero-order valence-electron chi connectivity index (χ0n) is 25.0. The van der Waals surface area contributed by atoms with Gasteiger partial charge in [0.15, 0.2) is 34.7 Å². The number of ketones is 4. The maximum Gasteiger partial charge on any atom is 0.235 e. The van der Waals surface area contributed by atoms with Crippen LogP contribution in [0.15, 0.2) is 66.7 Å². The van der Waals surface area contributed by atoms with Crippen molar-refractivity contribution in [1.82, 2.24) is 10.2 Å². The third-order valence-corrected chi connectivity index (χ3v) is 9.68. The number of aliphatic hydroxyl groups is 1. The van der Waals surface area contributed by atoms with Crippen molar-refractivity contribution >= 4 is 29.0 Å². The lowest BCUT2D eigenvalue weighted by atomic mass is 9.52. The van der Waals surface area contributed by atoms with Gasteiger partial charge in [-0.1, -0.05) is 54.6 Å². The van der Waals surface area contributed by atoms with Gasteiger partial charge in [-0.25, -0.2) is 0 Å². The molecule has 3 aromatic carbocycles. The molecular weight excluding hydrogens is 574 g/mol. The van der Waals surface area contributed by atoms with E-state index in [1.54, 1.807) is 20.2 Å². The molecule has 3 aliphatic rings. The summed E-state index contributed by atoms with van der Waals surface area (Å²) in [4.78, 5) is 68.5. The van der Waals surface area contributed by atoms with E-state index in [1.165, 1.54) is 11.0 Å². The number of benzene rings is 3. The van der Waals surface area contributed by atoms with Gasteiger partial charge in [0.2, 0.25) is 5.91 Å². The first-order chi connectivity index (χ1) is 21.4. The highest BCUT2D eigenvalue weighted by Gasteiger charge is 2.69. The summed E-state index contributed by atoms with van der Waals surface area (Å²) in [5, 5.41) is 26.1. The molecule has 0 heterocycles. The van der Waals surface area contributed by atoms with Crippen molar-refractivity contribution in [3.8, 4) is 16.9 Å². The van der Waals surface area contributed by atoms with Crippen LogP contribution in [-0.4, -0.2) is 69.9 Å². The lowest BCUT2D eigenvalue weighted by molar-refractivity contribution is -0.181. The molecule has 2 fully saturated rings. The van der Waals surface area contributed by atoms with Crippen LogP contribution in [0.1, 0.15) is 33.5 Å². The Morgan fingerprint density at radius 2 is 1.64 bits per heavy atom. The first-order valence-corrected chi connectivity index (χ1v) is 15.0. The number of carbonyl (C=O) groups excluding carboxylic acids is 5. The van der Waals surface area contributed by atoms with Crippen molar-refractivity contribution < 1.29 is 34.2 Å². The van der Waals surface area contributed by atoms with Gasteiger partial charge in [0.05, 0.1) is 17.5 Å². The van der Waals surface area contributed by atoms with Crippen molar-refractivity contribution in [2.75, 3.05) is 14.1 Å². The van der Waals surface area contributed by atoms with E-state index >= 15 is 0 Å². The van der Waals surface area contributed by atoms with E-state index < -0.39 is 64.4 Å². The van der Waals surface area contributed by atoms with E-state index in [0.29, 0.717) is 18.7 Å². The monoisotopic (exact) mass is 609 g/mol. The third-order valence-electron chi connectivity index (χ3n) is 9.68. The quantitative estimate of drug-likeness (QED) is 0.292. The van der Waals surface area contributed by atoms with Gasteiger partial charge in [-0.05, 0) is 72.8 Å². The van der Waals surface area contributed by atoms with Gasteiger partial charge in [-0.2, -0.15) is 0 Å². The van der Waals surface area contributed by atoms with E-state index in [-0.39, 0.29) is 24.2 Å². The second-order valence-electron chi connectivity index (χ2n) is 12.6. The molecule has 1 amide bonds. The summed E-state index contributed by atoms with van der Waals surface area (Å²) in [7, 11) is 3.12. The topological polar surface area (TPSA) is 167 Å². The SMILES string of the molecule is CN(C)[C@H]1C(=O)C(C(N)=O)C(=O)[C@]2(O)C(=O)C3C(=O)c4c(O)ccc(-c5cccc(CNCc6ccccc6)c5)c4C[C@@H]3C[C@H]12. The molecule has 0 aliphatic heterocycles. The van der Waals surface area contributed by atoms with Crippen molar-refractivity contribution in [1.29, 1.82) is 0 Å². The second-order valence-corrected chi connectivity index (χ2v) is 12.6. The molecule has 3 aromatic rings. The fraction of sp³-hybridized carbons (Fsp3) is 0.343. The van der Waals surface area contributed by atoms with Crippen molar-refractivity contribution in [2.24, 2.45) is 29.4 Å². The highest BCUT2D eigenvalue weighted by Crippen LogP contribution is 2.51.